The summed E-state index contributed by atoms with van der Waals surface area (Å²) in [7, 11) is 0. The number of likely N-dealkylation sites (tertiary alicyclic amines) is 1. The summed E-state index contributed by atoms with van der Waals surface area (Å²) in [6.45, 7) is 1.36. The van der Waals surface area contributed by atoms with Crippen LogP contribution in [-0.2, 0) is 18.0 Å². The van der Waals surface area contributed by atoms with Crippen molar-refractivity contribution in [3.63, 3.8) is 0 Å². The molecular formula is C21H21N3O3S. The van der Waals surface area contributed by atoms with Crippen molar-refractivity contribution in [1.29, 1.82) is 0 Å². The van der Waals surface area contributed by atoms with Crippen molar-refractivity contribution in [2.24, 2.45) is 0 Å². The lowest BCUT2D eigenvalue weighted by molar-refractivity contribution is 0.0920. The standard InChI is InChI=1S/C21H21N3O3S/c25-21(27-13-16-6-2-1-3-7-16)24-11-5-9-19(24)20-23-17(15-28-20)14-26-18-8-4-10-22-12-18/h1-4,6-8,10,12,15,19H,5,9,11,13-14H2. The van der Waals surface area contributed by atoms with Crippen LogP contribution in [0.4, 0.5) is 4.79 Å². The van der Waals surface area contributed by atoms with E-state index in [1.54, 1.807) is 28.6 Å². The zero-order valence-electron chi connectivity index (χ0n) is 15.4. The third-order valence-corrected chi connectivity index (χ3v) is 5.56. The van der Waals surface area contributed by atoms with Crippen LogP contribution in [0.5, 0.6) is 5.75 Å². The van der Waals surface area contributed by atoms with Gasteiger partial charge >= 0.3 is 6.09 Å². The van der Waals surface area contributed by atoms with Gasteiger partial charge in [-0.2, -0.15) is 0 Å². The Kier molecular flexibility index (Phi) is 5.82. The molecule has 0 saturated carbocycles. The lowest BCUT2D eigenvalue weighted by atomic mass is 10.2. The second-order valence-corrected chi connectivity index (χ2v) is 7.44. The van der Waals surface area contributed by atoms with Crippen LogP contribution in [0, 0.1) is 0 Å². The number of thiazole rings is 1. The number of carbonyl (C=O) groups is 1. The highest BCUT2D eigenvalue weighted by molar-refractivity contribution is 7.09. The summed E-state index contributed by atoms with van der Waals surface area (Å²) in [6.07, 6.45) is 4.95. The highest BCUT2D eigenvalue weighted by atomic mass is 32.1. The number of nitrogens with zero attached hydrogens (tertiary/aromatic N) is 3. The predicted molar refractivity (Wildman–Crippen MR) is 106 cm³/mol. The zero-order chi connectivity index (χ0) is 19.2. The van der Waals surface area contributed by atoms with E-state index in [2.05, 4.69) is 9.97 Å². The summed E-state index contributed by atoms with van der Waals surface area (Å²) in [5.41, 5.74) is 1.84. The first-order chi connectivity index (χ1) is 13.8. The molecule has 1 atom stereocenters. The van der Waals surface area contributed by atoms with E-state index in [0.717, 1.165) is 29.1 Å². The molecule has 0 bridgehead atoms. The van der Waals surface area contributed by atoms with Gasteiger partial charge in [0.1, 0.15) is 24.0 Å². The minimum atomic E-state index is -0.283. The van der Waals surface area contributed by atoms with Gasteiger partial charge in [-0.05, 0) is 30.5 Å². The van der Waals surface area contributed by atoms with Crippen LogP contribution in [0.2, 0.25) is 0 Å². The largest absolute Gasteiger partial charge is 0.486 e. The van der Waals surface area contributed by atoms with E-state index in [-0.39, 0.29) is 18.7 Å². The highest BCUT2D eigenvalue weighted by Crippen LogP contribution is 2.34. The van der Waals surface area contributed by atoms with Gasteiger partial charge in [0.25, 0.3) is 0 Å². The smallest absolute Gasteiger partial charge is 0.410 e. The number of hydrogen-bond donors (Lipinski definition) is 0. The molecule has 6 nitrogen and oxygen atoms in total. The molecular weight excluding hydrogens is 374 g/mol. The molecule has 1 aliphatic heterocycles. The Morgan fingerprint density at radius 1 is 1.18 bits per heavy atom. The van der Waals surface area contributed by atoms with Crippen molar-refractivity contribution in [1.82, 2.24) is 14.9 Å². The van der Waals surface area contributed by atoms with E-state index in [1.807, 2.05) is 47.8 Å². The van der Waals surface area contributed by atoms with Gasteiger partial charge in [-0.3, -0.25) is 9.88 Å². The molecule has 28 heavy (non-hydrogen) atoms. The number of benzene rings is 1. The maximum atomic E-state index is 12.6. The molecule has 1 aromatic carbocycles. The van der Waals surface area contributed by atoms with Crippen LogP contribution in [-0.4, -0.2) is 27.5 Å². The molecule has 1 unspecified atom stereocenters. The molecule has 7 heteroatoms. The number of amides is 1. The van der Waals surface area contributed by atoms with Crippen molar-refractivity contribution >= 4 is 17.4 Å². The quantitative estimate of drug-likeness (QED) is 0.611. The van der Waals surface area contributed by atoms with Crippen LogP contribution in [0.1, 0.15) is 35.1 Å². The lowest BCUT2D eigenvalue weighted by Gasteiger charge is -2.22. The molecule has 1 aliphatic rings. The van der Waals surface area contributed by atoms with Crippen molar-refractivity contribution in [2.45, 2.75) is 32.1 Å². The third kappa shape index (κ3) is 4.48. The molecule has 3 heterocycles. The van der Waals surface area contributed by atoms with Crippen molar-refractivity contribution in [3.05, 3.63) is 76.5 Å². The van der Waals surface area contributed by atoms with E-state index < -0.39 is 0 Å². The van der Waals surface area contributed by atoms with E-state index in [0.29, 0.717) is 18.9 Å². The number of aromatic nitrogens is 2. The summed E-state index contributed by atoms with van der Waals surface area (Å²) in [6, 6.07) is 13.4. The summed E-state index contributed by atoms with van der Waals surface area (Å²) >= 11 is 1.56. The second kappa shape index (κ2) is 8.84. The first kappa shape index (κ1) is 18.4. The topological polar surface area (TPSA) is 64.5 Å². The number of ether oxygens (including phenoxy) is 2. The Morgan fingerprint density at radius 3 is 2.89 bits per heavy atom. The maximum absolute atomic E-state index is 12.6. The van der Waals surface area contributed by atoms with Gasteiger partial charge in [-0.15, -0.1) is 11.3 Å². The molecule has 0 N–H and O–H groups in total. The summed E-state index contributed by atoms with van der Waals surface area (Å²) in [5, 5.41) is 2.91. The number of pyridine rings is 1. The second-order valence-electron chi connectivity index (χ2n) is 6.55. The van der Waals surface area contributed by atoms with Gasteiger partial charge in [0, 0.05) is 18.1 Å². The Labute approximate surface area is 167 Å². The Balaban J connectivity index is 1.35. The highest BCUT2D eigenvalue weighted by Gasteiger charge is 2.33. The van der Waals surface area contributed by atoms with Crippen LogP contribution in [0.3, 0.4) is 0 Å². The minimum absolute atomic E-state index is 0.0274. The van der Waals surface area contributed by atoms with E-state index in [9.17, 15) is 4.79 Å². The zero-order valence-corrected chi connectivity index (χ0v) is 16.2. The molecule has 1 fully saturated rings. The van der Waals surface area contributed by atoms with Gasteiger partial charge in [0.15, 0.2) is 0 Å². The maximum Gasteiger partial charge on any atom is 0.410 e. The fourth-order valence-corrected chi connectivity index (χ4v) is 4.13. The average molecular weight is 395 g/mol. The predicted octanol–water partition coefficient (Wildman–Crippen LogP) is 4.59. The average Bonchev–Trinajstić information content (AvgIpc) is 3.41. The summed E-state index contributed by atoms with van der Waals surface area (Å²) < 4.78 is 11.2. The SMILES string of the molecule is O=C(OCc1ccccc1)N1CCCC1c1nc(COc2cccnc2)cs1. The van der Waals surface area contributed by atoms with Crippen molar-refractivity contribution < 1.29 is 14.3 Å². The van der Waals surface area contributed by atoms with E-state index in [4.69, 9.17) is 9.47 Å². The molecule has 2 aromatic heterocycles. The molecule has 1 saturated heterocycles. The lowest BCUT2D eigenvalue weighted by Crippen LogP contribution is -2.31. The van der Waals surface area contributed by atoms with Crippen LogP contribution >= 0.6 is 11.3 Å². The fraction of sp³-hybridized carbons (Fsp3) is 0.286. The number of carbonyl (C=O) groups excluding carboxylic acids is 1. The Bertz CT molecular complexity index is 902. The molecule has 144 valence electrons. The molecule has 3 aromatic rings. The number of rotatable bonds is 6. The van der Waals surface area contributed by atoms with Crippen LogP contribution in [0.25, 0.3) is 0 Å². The Hall–Kier alpha value is -2.93. The molecule has 0 aliphatic carbocycles. The van der Waals surface area contributed by atoms with Crippen molar-refractivity contribution in [3.8, 4) is 5.75 Å². The fourth-order valence-electron chi connectivity index (χ4n) is 3.18. The Morgan fingerprint density at radius 2 is 2.07 bits per heavy atom. The van der Waals surface area contributed by atoms with Crippen LogP contribution < -0.4 is 4.74 Å². The molecule has 4 rings (SSSR count). The summed E-state index contributed by atoms with van der Waals surface area (Å²) in [5.74, 6) is 0.712. The first-order valence-corrected chi connectivity index (χ1v) is 10.1. The van der Waals surface area contributed by atoms with Gasteiger partial charge in [0.2, 0.25) is 0 Å². The van der Waals surface area contributed by atoms with Gasteiger partial charge in [-0.1, -0.05) is 30.3 Å². The van der Waals surface area contributed by atoms with E-state index >= 15 is 0 Å². The third-order valence-electron chi connectivity index (χ3n) is 4.57. The normalized spacial score (nSPS) is 16.1. The van der Waals surface area contributed by atoms with Gasteiger partial charge in [-0.25, -0.2) is 9.78 Å². The number of hydrogen-bond acceptors (Lipinski definition) is 6. The summed E-state index contributed by atoms with van der Waals surface area (Å²) in [4.78, 5) is 23.1. The van der Waals surface area contributed by atoms with E-state index in [1.165, 1.54) is 0 Å². The first-order valence-electron chi connectivity index (χ1n) is 9.24. The minimum Gasteiger partial charge on any atom is -0.486 e. The molecule has 0 spiro atoms. The monoisotopic (exact) mass is 395 g/mol. The molecule has 1 amide bonds. The van der Waals surface area contributed by atoms with Crippen LogP contribution in [0.15, 0.2) is 60.2 Å². The molecule has 0 radical (unpaired) electrons. The van der Waals surface area contributed by atoms with Crippen molar-refractivity contribution in [2.75, 3.05) is 6.54 Å². The van der Waals surface area contributed by atoms with Gasteiger partial charge < -0.3 is 9.47 Å². The van der Waals surface area contributed by atoms with Gasteiger partial charge in [0.05, 0.1) is 17.9 Å².